The number of nitrogens with zero attached hydrogens (tertiary/aromatic N) is 2. The molecule has 18 heavy (non-hydrogen) atoms. The summed E-state index contributed by atoms with van der Waals surface area (Å²) in [7, 11) is 0. The second kappa shape index (κ2) is 7.39. The van der Waals surface area contributed by atoms with Crippen molar-refractivity contribution in [3.8, 4) is 0 Å². The van der Waals surface area contributed by atoms with Crippen molar-refractivity contribution >= 4 is 11.9 Å². The number of amides is 3. The highest BCUT2D eigenvalue weighted by Crippen LogP contribution is 2.21. The third-order valence-electron chi connectivity index (χ3n) is 3.49. The molecule has 1 aliphatic heterocycles. The van der Waals surface area contributed by atoms with Crippen LogP contribution in [0.4, 0.5) is 4.79 Å². The molecular weight excluding hydrogens is 228 g/mol. The number of urea groups is 1. The molecule has 104 valence electrons. The molecule has 0 N–H and O–H groups in total. The second-order valence-corrected chi connectivity index (χ2v) is 4.95. The maximum Gasteiger partial charge on any atom is 0.327 e. The van der Waals surface area contributed by atoms with E-state index in [1.54, 1.807) is 4.90 Å². The molecule has 1 fully saturated rings. The Morgan fingerprint density at radius 1 is 0.944 bits per heavy atom. The zero-order chi connectivity index (χ0) is 13.5. The van der Waals surface area contributed by atoms with Gasteiger partial charge in [0.15, 0.2) is 0 Å². The van der Waals surface area contributed by atoms with E-state index < -0.39 is 0 Å². The van der Waals surface area contributed by atoms with Gasteiger partial charge in [0.2, 0.25) is 0 Å². The Morgan fingerprint density at radius 3 is 2.22 bits per heavy atom. The fourth-order valence-electron chi connectivity index (χ4n) is 2.49. The van der Waals surface area contributed by atoms with Crippen LogP contribution in [0.1, 0.15) is 59.3 Å². The highest BCUT2D eigenvalue weighted by Gasteiger charge is 2.42. The first-order valence-corrected chi connectivity index (χ1v) is 7.29. The van der Waals surface area contributed by atoms with Crippen LogP contribution in [0.15, 0.2) is 0 Å². The van der Waals surface area contributed by atoms with Gasteiger partial charge in [-0.15, -0.1) is 0 Å². The summed E-state index contributed by atoms with van der Waals surface area (Å²) in [6.45, 7) is 7.44. The van der Waals surface area contributed by atoms with E-state index in [4.69, 9.17) is 0 Å². The quantitative estimate of drug-likeness (QED) is 0.493. The van der Waals surface area contributed by atoms with Crippen molar-refractivity contribution in [2.24, 2.45) is 0 Å². The minimum Gasteiger partial charge on any atom is -0.312 e. The molecule has 3 amide bonds. The maximum absolute atomic E-state index is 12.2. The number of rotatable bonds is 8. The van der Waals surface area contributed by atoms with Crippen LogP contribution in [-0.2, 0) is 4.79 Å². The zero-order valence-electron chi connectivity index (χ0n) is 11.9. The Balaban J connectivity index is 2.57. The Hall–Kier alpha value is -1.06. The Labute approximate surface area is 110 Å². The van der Waals surface area contributed by atoms with Crippen LogP contribution >= 0.6 is 0 Å². The van der Waals surface area contributed by atoms with E-state index in [1.807, 2.05) is 13.8 Å². The Kier molecular flexibility index (Phi) is 6.16. The van der Waals surface area contributed by atoms with Gasteiger partial charge in [-0.2, -0.15) is 0 Å². The largest absolute Gasteiger partial charge is 0.327 e. The van der Waals surface area contributed by atoms with Crippen LogP contribution in [0.5, 0.6) is 0 Å². The third kappa shape index (κ3) is 3.24. The molecule has 0 saturated carbocycles. The van der Waals surface area contributed by atoms with Gasteiger partial charge in [0.05, 0.1) is 0 Å². The zero-order valence-corrected chi connectivity index (χ0v) is 11.9. The molecule has 0 bridgehead atoms. The highest BCUT2D eigenvalue weighted by molar-refractivity contribution is 6.04. The molecule has 4 nitrogen and oxygen atoms in total. The molecule has 0 aromatic rings. The lowest BCUT2D eigenvalue weighted by Crippen LogP contribution is -2.35. The normalized spacial score (nSPS) is 20.1. The number of carbonyl (C=O) groups excluding carboxylic acids is 2. The van der Waals surface area contributed by atoms with Crippen molar-refractivity contribution in [2.75, 3.05) is 13.1 Å². The van der Waals surface area contributed by atoms with Gasteiger partial charge in [0.25, 0.3) is 5.91 Å². The maximum atomic E-state index is 12.2. The van der Waals surface area contributed by atoms with Crippen LogP contribution < -0.4 is 0 Å². The summed E-state index contributed by atoms with van der Waals surface area (Å²) in [4.78, 5) is 27.5. The van der Waals surface area contributed by atoms with Crippen molar-refractivity contribution in [3.05, 3.63) is 0 Å². The number of unbranched alkanes of at least 4 members (excludes halogenated alkanes) is 3. The molecule has 0 aliphatic carbocycles. The average Bonchev–Trinajstić information content (AvgIpc) is 2.58. The number of hydrogen-bond acceptors (Lipinski definition) is 2. The van der Waals surface area contributed by atoms with Gasteiger partial charge in [0, 0.05) is 13.1 Å². The van der Waals surface area contributed by atoms with Gasteiger partial charge in [-0.25, -0.2) is 4.79 Å². The molecule has 0 radical (unpaired) electrons. The van der Waals surface area contributed by atoms with Gasteiger partial charge in [0.1, 0.15) is 6.04 Å². The lowest BCUT2D eigenvalue weighted by atomic mass is 10.2. The molecule has 0 aromatic carbocycles. The topological polar surface area (TPSA) is 40.6 Å². The predicted octanol–water partition coefficient (Wildman–Crippen LogP) is 3.02. The summed E-state index contributed by atoms with van der Waals surface area (Å²) >= 11 is 0. The summed E-state index contributed by atoms with van der Waals surface area (Å²) in [6.07, 6.45) is 5.99. The van der Waals surface area contributed by atoms with E-state index in [0.717, 1.165) is 25.7 Å². The van der Waals surface area contributed by atoms with Crippen LogP contribution in [0, 0.1) is 0 Å². The summed E-state index contributed by atoms with van der Waals surface area (Å²) < 4.78 is 0. The van der Waals surface area contributed by atoms with E-state index >= 15 is 0 Å². The number of imide groups is 1. The number of hydrogen-bond donors (Lipinski definition) is 0. The monoisotopic (exact) mass is 254 g/mol. The first-order valence-electron chi connectivity index (χ1n) is 7.29. The molecule has 0 spiro atoms. The standard InChI is InChI=1S/C14H26N2O2/c1-4-7-8-9-11-16-13(17)12(6-3)15(10-5-2)14(16)18/h12H,4-11H2,1-3H3. The van der Waals surface area contributed by atoms with Gasteiger partial charge in [-0.3, -0.25) is 9.69 Å². The van der Waals surface area contributed by atoms with Crippen LogP contribution in [0.2, 0.25) is 0 Å². The van der Waals surface area contributed by atoms with Gasteiger partial charge in [-0.1, -0.05) is 40.0 Å². The SMILES string of the molecule is CCCCCCN1C(=O)C(CC)N(CCC)C1=O. The van der Waals surface area contributed by atoms with E-state index in [9.17, 15) is 9.59 Å². The minimum atomic E-state index is -0.219. The summed E-state index contributed by atoms with van der Waals surface area (Å²) in [5.41, 5.74) is 0. The smallest absolute Gasteiger partial charge is 0.312 e. The first-order chi connectivity index (χ1) is 8.67. The Bertz CT molecular complexity index is 292. The predicted molar refractivity (Wildman–Crippen MR) is 72.3 cm³/mol. The van der Waals surface area contributed by atoms with Crippen LogP contribution in [-0.4, -0.2) is 40.9 Å². The summed E-state index contributed by atoms with van der Waals surface area (Å²) in [5, 5.41) is 0. The molecule has 1 heterocycles. The summed E-state index contributed by atoms with van der Waals surface area (Å²) in [5.74, 6) is 0.00690. The van der Waals surface area contributed by atoms with Gasteiger partial charge < -0.3 is 4.90 Å². The average molecular weight is 254 g/mol. The molecule has 1 rings (SSSR count). The summed E-state index contributed by atoms with van der Waals surface area (Å²) in [6, 6.07) is -0.297. The molecule has 1 aliphatic rings. The first kappa shape index (κ1) is 15.0. The molecule has 1 unspecified atom stereocenters. The van der Waals surface area contributed by atoms with E-state index in [-0.39, 0.29) is 18.0 Å². The lowest BCUT2D eigenvalue weighted by molar-refractivity contribution is -0.128. The van der Waals surface area contributed by atoms with Crippen molar-refractivity contribution in [1.82, 2.24) is 9.80 Å². The van der Waals surface area contributed by atoms with E-state index in [1.165, 1.54) is 17.7 Å². The van der Waals surface area contributed by atoms with Gasteiger partial charge in [-0.05, 0) is 19.3 Å². The van der Waals surface area contributed by atoms with Gasteiger partial charge >= 0.3 is 6.03 Å². The van der Waals surface area contributed by atoms with Crippen molar-refractivity contribution in [3.63, 3.8) is 0 Å². The minimum absolute atomic E-state index is 0.00690. The fraction of sp³-hybridized carbons (Fsp3) is 0.857. The highest BCUT2D eigenvalue weighted by atomic mass is 16.2. The molecule has 4 heteroatoms. The number of carbonyl (C=O) groups is 2. The second-order valence-electron chi connectivity index (χ2n) is 4.95. The van der Waals surface area contributed by atoms with Crippen LogP contribution in [0.25, 0.3) is 0 Å². The third-order valence-corrected chi connectivity index (χ3v) is 3.49. The molecule has 1 saturated heterocycles. The lowest BCUT2D eigenvalue weighted by Gasteiger charge is -2.19. The van der Waals surface area contributed by atoms with Crippen molar-refractivity contribution in [1.29, 1.82) is 0 Å². The molecular formula is C14H26N2O2. The Morgan fingerprint density at radius 2 is 1.67 bits per heavy atom. The van der Waals surface area contributed by atoms with Crippen LogP contribution in [0.3, 0.4) is 0 Å². The van der Waals surface area contributed by atoms with Crippen molar-refractivity contribution in [2.45, 2.75) is 65.3 Å². The molecule has 1 atom stereocenters. The fourth-order valence-corrected chi connectivity index (χ4v) is 2.49. The van der Waals surface area contributed by atoms with E-state index in [0.29, 0.717) is 13.1 Å². The van der Waals surface area contributed by atoms with E-state index in [2.05, 4.69) is 6.92 Å². The van der Waals surface area contributed by atoms with Crippen molar-refractivity contribution < 1.29 is 9.59 Å². The molecule has 0 aromatic heterocycles.